The van der Waals surface area contributed by atoms with Crippen molar-refractivity contribution in [3.05, 3.63) is 133 Å². The average Bonchev–Trinajstić information content (AvgIpc) is 3.39. The van der Waals surface area contributed by atoms with Crippen molar-refractivity contribution in [2.45, 2.75) is 0 Å². The Balaban J connectivity index is 1.52. The monoisotopic (exact) mass is 538 g/mol. The second-order valence-corrected chi connectivity index (χ2v) is 10.9. The molecule has 42 heavy (non-hydrogen) atoms. The van der Waals surface area contributed by atoms with Gasteiger partial charge in [0.2, 0.25) is 0 Å². The van der Waals surface area contributed by atoms with Gasteiger partial charge in [-0.2, -0.15) is 0 Å². The fraction of sp³-hybridized carbons (Fsp3) is 0.0500. The van der Waals surface area contributed by atoms with Crippen LogP contribution in [0.15, 0.2) is 133 Å². The summed E-state index contributed by atoms with van der Waals surface area (Å²) in [7, 11) is 3.94. The summed E-state index contributed by atoms with van der Waals surface area (Å²) in [4.78, 5) is 0. The largest absolute Gasteiger partial charge is 0.386 e. The Morgan fingerprint density at radius 1 is 0.357 bits per heavy atom. The summed E-state index contributed by atoms with van der Waals surface area (Å²) in [5.74, 6) is 0. The van der Waals surface area contributed by atoms with Crippen molar-refractivity contribution in [2.24, 2.45) is 0 Å². The third kappa shape index (κ3) is 3.52. The van der Waals surface area contributed by atoms with Crippen LogP contribution in [0, 0.1) is 0 Å². The van der Waals surface area contributed by atoms with E-state index >= 15 is 0 Å². The summed E-state index contributed by atoms with van der Waals surface area (Å²) in [6.45, 7) is 0. The molecule has 0 bridgehead atoms. The first-order chi connectivity index (χ1) is 20.8. The van der Waals surface area contributed by atoms with E-state index in [0.717, 1.165) is 11.4 Å². The number of hydrogen-bond acceptors (Lipinski definition) is 2. The summed E-state index contributed by atoms with van der Waals surface area (Å²) in [6, 6.07) is 48.9. The zero-order valence-electron chi connectivity index (χ0n) is 23.7. The number of benzene rings is 7. The molecule has 0 heterocycles. The van der Waals surface area contributed by atoms with Crippen LogP contribution < -0.4 is 10.6 Å². The Bertz CT molecular complexity index is 2050. The van der Waals surface area contributed by atoms with E-state index in [4.69, 9.17) is 0 Å². The van der Waals surface area contributed by atoms with Gasteiger partial charge in [0, 0.05) is 14.1 Å². The third-order valence-corrected chi connectivity index (χ3v) is 8.79. The van der Waals surface area contributed by atoms with Crippen molar-refractivity contribution in [3.8, 4) is 55.6 Å². The smallest absolute Gasteiger partial charge is 0.0579 e. The van der Waals surface area contributed by atoms with Crippen molar-refractivity contribution < 1.29 is 0 Å². The average molecular weight is 539 g/mol. The van der Waals surface area contributed by atoms with E-state index < -0.39 is 0 Å². The predicted octanol–water partition coefficient (Wildman–Crippen LogP) is 10.7. The van der Waals surface area contributed by atoms with Gasteiger partial charge in [0.1, 0.15) is 0 Å². The lowest BCUT2D eigenvalue weighted by molar-refractivity contribution is 1.45. The molecule has 0 fully saturated rings. The molecule has 0 atom stereocenters. The SMILES string of the molecule is CNc1ccc(-c2ccc3c4c(cccc24)-c2c-3c(-c3ccccc3)c3ccccc3c2-c2ccccc2)cc1NC. The molecule has 0 saturated heterocycles. The van der Waals surface area contributed by atoms with Crippen LogP contribution in [-0.4, -0.2) is 14.1 Å². The maximum absolute atomic E-state index is 3.36. The van der Waals surface area contributed by atoms with E-state index in [0.29, 0.717) is 0 Å². The van der Waals surface area contributed by atoms with Gasteiger partial charge in [0.15, 0.2) is 0 Å². The molecule has 2 heteroatoms. The highest BCUT2D eigenvalue weighted by atomic mass is 14.9. The highest BCUT2D eigenvalue weighted by Gasteiger charge is 2.31. The topological polar surface area (TPSA) is 24.1 Å². The Kier molecular flexibility index (Phi) is 5.61. The van der Waals surface area contributed by atoms with Gasteiger partial charge in [0.05, 0.1) is 11.4 Å². The Morgan fingerprint density at radius 2 is 0.881 bits per heavy atom. The number of hydrogen-bond donors (Lipinski definition) is 2. The van der Waals surface area contributed by atoms with Gasteiger partial charge in [-0.3, -0.25) is 0 Å². The molecule has 7 aromatic rings. The van der Waals surface area contributed by atoms with Crippen molar-refractivity contribution in [2.75, 3.05) is 24.7 Å². The minimum Gasteiger partial charge on any atom is -0.386 e. The molecule has 0 spiro atoms. The van der Waals surface area contributed by atoms with Crippen LogP contribution in [0.4, 0.5) is 11.4 Å². The molecule has 0 radical (unpaired) electrons. The molecule has 2 N–H and O–H groups in total. The summed E-state index contributed by atoms with van der Waals surface area (Å²) in [5.41, 5.74) is 15.0. The van der Waals surface area contributed by atoms with Crippen LogP contribution in [-0.2, 0) is 0 Å². The number of nitrogens with one attached hydrogen (secondary N) is 2. The Hall–Kier alpha value is -5.34. The lowest BCUT2D eigenvalue weighted by atomic mass is 9.82. The van der Waals surface area contributed by atoms with Crippen LogP contribution in [0.1, 0.15) is 0 Å². The molecule has 7 aromatic carbocycles. The maximum atomic E-state index is 3.36. The lowest BCUT2D eigenvalue weighted by Crippen LogP contribution is -1.96. The normalized spacial score (nSPS) is 11.6. The van der Waals surface area contributed by atoms with Gasteiger partial charge < -0.3 is 10.6 Å². The predicted molar refractivity (Wildman–Crippen MR) is 181 cm³/mol. The Labute approximate surface area is 246 Å². The molecule has 0 aliphatic heterocycles. The van der Waals surface area contributed by atoms with Gasteiger partial charge in [-0.25, -0.2) is 0 Å². The van der Waals surface area contributed by atoms with E-state index in [9.17, 15) is 0 Å². The zero-order valence-corrected chi connectivity index (χ0v) is 23.7. The first-order valence-corrected chi connectivity index (χ1v) is 14.5. The summed E-state index contributed by atoms with van der Waals surface area (Å²) in [5, 5.41) is 11.8. The molecule has 8 rings (SSSR count). The standard InChI is InChI=1S/C40H30N2/c1-41-34-23-20-27(24-35(34)42-2)28-21-22-33-38-29(28)18-11-19-32(38)39-36(25-12-5-3-6-13-25)30-16-9-10-17-31(30)37(40(33)39)26-14-7-4-8-15-26/h3-24,41-42H,1-2H3. The summed E-state index contributed by atoms with van der Waals surface area (Å²) in [6.07, 6.45) is 0. The number of fused-ring (bicyclic) bond motifs is 4. The molecule has 0 amide bonds. The van der Waals surface area contributed by atoms with Gasteiger partial charge in [-0.15, -0.1) is 0 Å². The van der Waals surface area contributed by atoms with E-state index in [-0.39, 0.29) is 0 Å². The first kappa shape index (κ1) is 24.5. The van der Waals surface area contributed by atoms with Crippen LogP contribution >= 0.6 is 0 Å². The maximum Gasteiger partial charge on any atom is 0.0579 e. The molecule has 1 aliphatic carbocycles. The second-order valence-electron chi connectivity index (χ2n) is 10.9. The van der Waals surface area contributed by atoms with E-state index in [1.807, 2.05) is 14.1 Å². The molecule has 200 valence electrons. The number of rotatable bonds is 5. The summed E-state index contributed by atoms with van der Waals surface area (Å²) >= 11 is 0. The molecule has 0 aromatic heterocycles. The minimum atomic E-state index is 1.09. The van der Waals surface area contributed by atoms with E-state index in [1.165, 1.54) is 77.2 Å². The lowest BCUT2D eigenvalue weighted by Gasteiger charge is -2.20. The minimum absolute atomic E-state index is 1.09. The van der Waals surface area contributed by atoms with Gasteiger partial charge >= 0.3 is 0 Å². The fourth-order valence-electron chi connectivity index (χ4n) is 7.00. The highest BCUT2D eigenvalue weighted by Crippen LogP contribution is 2.58. The molecular weight excluding hydrogens is 508 g/mol. The molecule has 0 saturated carbocycles. The second kappa shape index (κ2) is 9.64. The molecule has 0 unspecified atom stereocenters. The van der Waals surface area contributed by atoms with Crippen molar-refractivity contribution >= 4 is 32.9 Å². The third-order valence-electron chi connectivity index (χ3n) is 8.79. The highest BCUT2D eigenvalue weighted by molar-refractivity contribution is 6.28. The Morgan fingerprint density at radius 3 is 1.48 bits per heavy atom. The quantitative estimate of drug-likeness (QED) is 0.228. The van der Waals surface area contributed by atoms with Crippen LogP contribution in [0.25, 0.3) is 77.2 Å². The number of anilines is 2. The van der Waals surface area contributed by atoms with Crippen LogP contribution in [0.2, 0.25) is 0 Å². The van der Waals surface area contributed by atoms with E-state index in [2.05, 4.69) is 144 Å². The molecule has 1 aliphatic rings. The van der Waals surface area contributed by atoms with Crippen molar-refractivity contribution in [1.29, 1.82) is 0 Å². The molecular formula is C40H30N2. The fourth-order valence-corrected chi connectivity index (χ4v) is 7.00. The van der Waals surface area contributed by atoms with Gasteiger partial charge in [0.25, 0.3) is 0 Å². The zero-order chi connectivity index (χ0) is 28.2. The van der Waals surface area contributed by atoms with Gasteiger partial charge in [-0.1, -0.05) is 121 Å². The first-order valence-electron chi connectivity index (χ1n) is 14.5. The van der Waals surface area contributed by atoms with Crippen LogP contribution in [0.3, 0.4) is 0 Å². The van der Waals surface area contributed by atoms with Crippen molar-refractivity contribution in [1.82, 2.24) is 0 Å². The van der Waals surface area contributed by atoms with Crippen molar-refractivity contribution in [3.63, 3.8) is 0 Å². The van der Waals surface area contributed by atoms with E-state index in [1.54, 1.807) is 0 Å². The van der Waals surface area contributed by atoms with Gasteiger partial charge in [-0.05, 0) is 89.3 Å². The summed E-state index contributed by atoms with van der Waals surface area (Å²) < 4.78 is 0. The molecule has 2 nitrogen and oxygen atoms in total. The van der Waals surface area contributed by atoms with Crippen LogP contribution in [0.5, 0.6) is 0 Å².